The SMILES string of the molecule is Cc1ccc(C(NCc2cccnc2)C(=O)NCc2cccnc2)cc1. The second-order valence-electron chi connectivity index (χ2n) is 6.16. The first-order chi connectivity index (χ1) is 12.7. The summed E-state index contributed by atoms with van der Waals surface area (Å²) in [6.07, 6.45) is 7.01. The van der Waals surface area contributed by atoms with Crippen LogP contribution in [0.15, 0.2) is 73.3 Å². The predicted molar refractivity (Wildman–Crippen MR) is 101 cm³/mol. The van der Waals surface area contributed by atoms with E-state index in [0.717, 1.165) is 22.3 Å². The lowest BCUT2D eigenvalue weighted by atomic mass is 10.0. The van der Waals surface area contributed by atoms with Crippen LogP contribution in [0.25, 0.3) is 0 Å². The molecule has 1 aromatic carbocycles. The first-order valence-corrected chi connectivity index (χ1v) is 8.58. The van der Waals surface area contributed by atoms with Crippen LogP contribution in [-0.2, 0) is 17.9 Å². The van der Waals surface area contributed by atoms with Gasteiger partial charge in [0, 0.05) is 37.9 Å². The molecule has 26 heavy (non-hydrogen) atoms. The molecule has 0 saturated heterocycles. The highest BCUT2D eigenvalue weighted by Gasteiger charge is 2.19. The molecule has 5 nitrogen and oxygen atoms in total. The number of rotatable bonds is 7. The minimum Gasteiger partial charge on any atom is -0.350 e. The zero-order valence-corrected chi connectivity index (χ0v) is 14.7. The monoisotopic (exact) mass is 346 g/mol. The van der Waals surface area contributed by atoms with Crippen LogP contribution in [0.4, 0.5) is 0 Å². The van der Waals surface area contributed by atoms with Gasteiger partial charge in [0.05, 0.1) is 0 Å². The second kappa shape index (κ2) is 8.87. The van der Waals surface area contributed by atoms with Crippen molar-refractivity contribution in [3.8, 4) is 0 Å². The number of aromatic nitrogens is 2. The van der Waals surface area contributed by atoms with Gasteiger partial charge in [0.25, 0.3) is 0 Å². The minimum atomic E-state index is -0.438. The van der Waals surface area contributed by atoms with Crippen molar-refractivity contribution in [3.63, 3.8) is 0 Å². The molecule has 0 spiro atoms. The quantitative estimate of drug-likeness (QED) is 0.690. The number of benzene rings is 1. The third-order valence-electron chi connectivity index (χ3n) is 4.10. The van der Waals surface area contributed by atoms with Crippen molar-refractivity contribution in [1.29, 1.82) is 0 Å². The molecule has 2 N–H and O–H groups in total. The summed E-state index contributed by atoms with van der Waals surface area (Å²) in [5.41, 5.74) is 4.10. The maximum atomic E-state index is 12.8. The van der Waals surface area contributed by atoms with Gasteiger partial charge in [0.1, 0.15) is 6.04 Å². The van der Waals surface area contributed by atoms with E-state index in [1.165, 1.54) is 0 Å². The Kier molecular flexibility index (Phi) is 6.06. The van der Waals surface area contributed by atoms with Crippen molar-refractivity contribution >= 4 is 5.91 Å². The number of pyridine rings is 2. The molecule has 1 atom stereocenters. The summed E-state index contributed by atoms with van der Waals surface area (Å²) in [5.74, 6) is -0.0680. The Hall–Kier alpha value is -3.05. The molecule has 0 aliphatic heterocycles. The second-order valence-corrected chi connectivity index (χ2v) is 6.16. The van der Waals surface area contributed by atoms with E-state index in [1.54, 1.807) is 24.8 Å². The van der Waals surface area contributed by atoms with Gasteiger partial charge in [-0.25, -0.2) is 0 Å². The van der Waals surface area contributed by atoms with Gasteiger partial charge < -0.3 is 5.32 Å². The number of aryl methyl sites for hydroxylation is 1. The van der Waals surface area contributed by atoms with Gasteiger partial charge >= 0.3 is 0 Å². The zero-order valence-electron chi connectivity index (χ0n) is 14.7. The summed E-state index contributed by atoms with van der Waals surface area (Å²) in [7, 11) is 0. The molecular formula is C21H22N4O. The van der Waals surface area contributed by atoms with Crippen LogP contribution in [0, 0.1) is 6.92 Å². The fraction of sp³-hybridized carbons (Fsp3) is 0.190. The number of carbonyl (C=O) groups excluding carboxylic acids is 1. The molecular weight excluding hydrogens is 324 g/mol. The van der Waals surface area contributed by atoms with Crippen molar-refractivity contribution in [2.45, 2.75) is 26.1 Å². The molecule has 1 unspecified atom stereocenters. The number of nitrogens with one attached hydrogen (secondary N) is 2. The maximum Gasteiger partial charge on any atom is 0.242 e. The molecule has 0 saturated carbocycles. The molecule has 0 fully saturated rings. The number of amides is 1. The van der Waals surface area contributed by atoms with Crippen LogP contribution in [-0.4, -0.2) is 15.9 Å². The first-order valence-electron chi connectivity index (χ1n) is 8.58. The maximum absolute atomic E-state index is 12.8. The molecule has 0 bridgehead atoms. The normalized spacial score (nSPS) is 11.7. The average molecular weight is 346 g/mol. The lowest BCUT2D eigenvalue weighted by Gasteiger charge is -2.19. The molecule has 0 aliphatic rings. The number of hydrogen-bond acceptors (Lipinski definition) is 4. The average Bonchev–Trinajstić information content (AvgIpc) is 2.69. The highest BCUT2D eigenvalue weighted by atomic mass is 16.2. The minimum absolute atomic E-state index is 0.0680. The summed E-state index contributed by atoms with van der Waals surface area (Å²) in [6, 6.07) is 15.2. The lowest BCUT2D eigenvalue weighted by molar-refractivity contribution is -0.123. The van der Waals surface area contributed by atoms with Gasteiger partial charge in [-0.05, 0) is 35.7 Å². The predicted octanol–water partition coefficient (Wildman–Crippen LogP) is 2.93. The third kappa shape index (κ3) is 4.97. The van der Waals surface area contributed by atoms with Crippen LogP contribution < -0.4 is 10.6 Å². The lowest BCUT2D eigenvalue weighted by Crippen LogP contribution is -2.37. The van der Waals surface area contributed by atoms with Crippen molar-refractivity contribution in [2.75, 3.05) is 0 Å². The van der Waals surface area contributed by atoms with E-state index in [1.807, 2.05) is 55.5 Å². The fourth-order valence-electron chi connectivity index (χ4n) is 2.64. The molecule has 2 heterocycles. The smallest absolute Gasteiger partial charge is 0.242 e. The summed E-state index contributed by atoms with van der Waals surface area (Å²) < 4.78 is 0. The van der Waals surface area contributed by atoms with E-state index in [9.17, 15) is 4.79 Å². The molecule has 2 aromatic heterocycles. The Balaban J connectivity index is 1.71. The fourth-order valence-corrected chi connectivity index (χ4v) is 2.64. The van der Waals surface area contributed by atoms with Crippen LogP contribution in [0.1, 0.15) is 28.3 Å². The highest BCUT2D eigenvalue weighted by Crippen LogP contribution is 2.15. The van der Waals surface area contributed by atoms with E-state index in [-0.39, 0.29) is 5.91 Å². The molecule has 5 heteroatoms. The Labute approximate surface area is 153 Å². The summed E-state index contributed by atoms with van der Waals surface area (Å²) in [5, 5.41) is 6.33. The molecule has 3 aromatic rings. The largest absolute Gasteiger partial charge is 0.350 e. The van der Waals surface area contributed by atoms with Crippen LogP contribution in [0.2, 0.25) is 0 Å². The molecule has 0 aliphatic carbocycles. The van der Waals surface area contributed by atoms with Gasteiger partial charge in [-0.3, -0.25) is 20.1 Å². The van der Waals surface area contributed by atoms with E-state index < -0.39 is 6.04 Å². The van der Waals surface area contributed by atoms with Gasteiger partial charge in [0.2, 0.25) is 5.91 Å². The van der Waals surface area contributed by atoms with E-state index in [0.29, 0.717) is 13.1 Å². The van der Waals surface area contributed by atoms with Gasteiger partial charge in [0.15, 0.2) is 0 Å². The summed E-state index contributed by atoms with van der Waals surface area (Å²) >= 11 is 0. The standard InChI is InChI=1S/C21H22N4O/c1-16-6-8-19(9-7-16)20(24-14-17-4-2-10-22-12-17)21(26)25-15-18-5-3-11-23-13-18/h2-13,20,24H,14-15H2,1H3,(H,25,26). The van der Waals surface area contributed by atoms with Gasteiger partial charge in [-0.1, -0.05) is 42.0 Å². The van der Waals surface area contributed by atoms with Crippen molar-refractivity contribution in [3.05, 3.63) is 95.6 Å². The number of nitrogens with zero attached hydrogens (tertiary/aromatic N) is 2. The molecule has 3 rings (SSSR count). The summed E-state index contributed by atoms with van der Waals surface area (Å²) in [4.78, 5) is 21.0. The van der Waals surface area contributed by atoms with E-state index >= 15 is 0 Å². The van der Waals surface area contributed by atoms with Crippen molar-refractivity contribution < 1.29 is 4.79 Å². The van der Waals surface area contributed by atoms with E-state index in [2.05, 4.69) is 20.6 Å². The number of carbonyl (C=O) groups is 1. The summed E-state index contributed by atoms with van der Waals surface area (Å²) in [6.45, 7) is 3.04. The Morgan fingerprint density at radius 2 is 1.54 bits per heavy atom. The Morgan fingerprint density at radius 3 is 2.12 bits per heavy atom. The Morgan fingerprint density at radius 1 is 0.923 bits per heavy atom. The van der Waals surface area contributed by atoms with Gasteiger partial charge in [-0.2, -0.15) is 0 Å². The van der Waals surface area contributed by atoms with Crippen molar-refractivity contribution in [2.24, 2.45) is 0 Å². The molecule has 132 valence electrons. The highest BCUT2D eigenvalue weighted by molar-refractivity contribution is 5.83. The van der Waals surface area contributed by atoms with Gasteiger partial charge in [-0.15, -0.1) is 0 Å². The topological polar surface area (TPSA) is 66.9 Å². The van der Waals surface area contributed by atoms with E-state index in [4.69, 9.17) is 0 Å². The first kappa shape index (κ1) is 17.8. The molecule has 1 amide bonds. The third-order valence-corrected chi connectivity index (χ3v) is 4.10. The van der Waals surface area contributed by atoms with Crippen molar-refractivity contribution in [1.82, 2.24) is 20.6 Å². The van der Waals surface area contributed by atoms with Crippen LogP contribution in [0.3, 0.4) is 0 Å². The van der Waals surface area contributed by atoms with Crippen LogP contribution in [0.5, 0.6) is 0 Å². The van der Waals surface area contributed by atoms with Crippen LogP contribution >= 0.6 is 0 Å². The number of hydrogen-bond donors (Lipinski definition) is 2. The molecule has 0 radical (unpaired) electrons. The zero-order chi connectivity index (χ0) is 18.2. The Bertz CT molecular complexity index is 820.